The average Bonchev–Trinajstić information content (AvgIpc) is 2.56. The van der Waals surface area contributed by atoms with Crippen molar-refractivity contribution in [3.05, 3.63) is 34.4 Å². The predicted molar refractivity (Wildman–Crippen MR) is 95.2 cm³/mol. The summed E-state index contributed by atoms with van der Waals surface area (Å²) in [6.45, 7) is 0.167. The molecule has 0 bridgehead atoms. The summed E-state index contributed by atoms with van der Waals surface area (Å²) in [7, 11) is 0. The third-order valence-corrected chi connectivity index (χ3v) is 4.58. The molecule has 2 N–H and O–H groups in total. The van der Waals surface area contributed by atoms with E-state index in [0.29, 0.717) is 12.8 Å². The number of benzene rings is 1. The predicted octanol–water partition coefficient (Wildman–Crippen LogP) is 4.32. The Morgan fingerprint density at radius 3 is 2.48 bits per heavy atom. The lowest BCUT2D eigenvalue weighted by molar-refractivity contribution is -0.118. The Morgan fingerprint density at radius 2 is 1.68 bits per heavy atom. The maximum absolute atomic E-state index is 12.3. The first kappa shape index (κ1) is 19.3. The number of cyclic esters (lactones) is 1. The molecule has 0 aliphatic carbocycles. The summed E-state index contributed by atoms with van der Waals surface area (Å²) in [5, 5.41) is 19.8. The van der Waals surface area contributed by atoms with Gasteiger partial charge in [0.25, 0.3) is 0 Å². The summed E-state index contributed by atoms with van der Waals surface area (Å²) in [4.78, 5) is 24.6. The van der Waals surface area contributed by atoms with E-state index in [1.54, 1.807) is 0 Å². The molecule has 1 aromatic rings. The molecule has 0 saturated heterocycles. The molecular weight excluding hydrogens is 344 g/mol. The maximum atomic E-state index is 12.3. The van der Waals surface area contributed by atoms with Gasteiger partial charge in [-0.25, -0.2) is 4.79 Å². The number of Topliss-reactive ketones (excluding diaryl/α,β-unsaturated/α-hetero) is 1. The van der Waals surface area contributed by atoms with Crippen molar-refractivity contribution in [1.82, 2.24) is 0 Å². The minimum absolute atomic E-state index is 0.0899. The average molecular weight is 367 g/mol. The standard InChI is InChI=1S/C19H23ClO5/c20-18-14-11-13(21)9-7-5-3-1-2-4-6-8-10-25-19(24)17(14)15(22)12-16(18)23/h4,6,12,22-23H,1-3,5,7-11H2/b6-4-. The van der Waals surface area contributed by atoms with Crippen molar-refractivity contribution in [2.24, 2.45) is 0 Å². The Labute approximate surface area is 152 Å². The highest BCUT2D eigenvalue weighted by molar-refractivity contribution is 6.33. The number of phenolic OH excluding ortho intramolecular Hbond substituents is 2. The van der Waals surface area contributed by atoms with E-state index in [1.807, 2.05) is 6.08 Å². The van der Waals surface area contributed by atoms with E-state index in [1.165, 1.54) is 0 Å². The van der Waals surface area contributed by atoms with Gasteiger partial charge in [-0.2, -0.15) is 0 Å². The van der Waals surface area contributed by atoms with Gasteiger partial charge in [-0.05, 0) is 25.7 Å². The largest absolute Gasteiger partial charge is 0.507 e. The van der Waals surface area contributed by atoms with Gasteiger partial charge in [0.15, 0.2) is 0 Å². The highest BCUT2D eigenvalue weighted by Crippen LogP contribution is 2.37. The summed E-state index contributed by atoms with van der Waals surface area (Å²) >= 11 is 6.08. The highest BCUT2D eigenvalue weighted by atomic mass is 35.5. The van der Waals surface area contributed by atoms with E-state index >= 15 is 0 Å². The molecule has 0 radical (unpaired) electrons. The zero-order valence-electron chi connectivity index (χ0n) is 14.1. The van der Waals surface area contributed by atoms with E-state index in [2.05, 4.69) is 6.08 Å². The minimum Gasteiger partial charge on any atom is -0.507 e. The van der Waals surface area contributed by atoms with Crippen molar-refractivity contribution in [1.29, 1.82) is 0 Å². The van der Waals surface area contributed by atoms with Crippen LogP contribution in [0.25, 0.3) is 0 Å². The number of fused-ring (bicyclic) bond motifs is 1. The molecule has 25 heavy (non-hydrogen) atoms. The van der Waals surface area contributed by atoms with Crippen LogP contribution in [0.5, 0.6) is 11.5 Å². The number of esters is 1. The second kappa shape index (κ2) is 9.47. The van der Waals surface area contributed by atoms with Crippen LogP contribution in [-0.2, 0) is 16.0 Å². The first-order valence-corrected chi connectivity index (χ1v) is 8.95. The molecule has 5 nitrogen and oxygen atoms in total. The molecule has 1 aliphatic rings. The van der Waals surface area contributed by atoms with Crippen molar-refractivity contribution in [3.63, 3.8) is 0 Å². The molecule has 0 aromatic heterocycles. The van der Waals surface area contributed by atoms with Crippen LogP contribution in [0.4, 0.5) is 0 Å². The number of rotatable bonds is 0. The second-order valence-corrected chi connectivity index (χ2v) is 6.52. The van der Waals surface area contributed by atoms with Gasteiger partial charge < -0.3 is 14.9 Å². The minimum atomic E-state index is -0.748. The van der Waals surface area contributed by atoms with Crippen LogP contribution in [0.1, 0.15) is 60.9 Å². The third kappa shape index (κ3) is 5.49. The van der Waals surface area contributed by atoms with Crippen LogP contribution in [0.15, 0.2) is 18.2 Å². The van der Waals surface area contributed by atoms with Crippen LogP contribution >= 0.6 is 11.6 Å². The fourth-order valence-corrected chi connectivity index (χ4v) is 3.04. The molecule has 0 fully saturated rings. The van der Waals surface area contributed by atoms with Crippen LogP contribution in [0, 0.1) is 0 Å². The Kier molecular flexibility index (Phi) is 7.31. The second-order valence-electron chi connectivity index (χ2n) is 6.15. The molecule has 0 amide bonds. The summed E-state index contributed by atoms with van der Waals surface area (Å²) in [5.41, 5.74) is -0.0240. The highest BCUT2D eigenvalue weighted by Gasteiger charge is 2.24. The Balaban J connectivity index is 2.30. The molecule has 1 aromatic carbocycles. The third-order valence-electron chi connectivity index (χ3n) is 4.16. The molecule has 2 rings (SSSR count). The first-order chi connectivity index (χ1) is 12.0. The van der Waals surface area contributed by atoms with Crippen molar-refractivity contribution in [3.8, 4) is 11.5 Å². The van der Waals surface area contributed by atoms with Crippen molar-refractivity contribution in [2.75, 3.05) is 6.61 Å². The van der Waals surface area contributed by atoms with Crippen molar-refractivity contribution >= 4 is 23.4 Å². The number of halogens is 1. The van der Waals surface area contributed by atoms with Crippen LogP contribution in [-0.4, -0.2) is 28.6 Å². The molecule has 1 heterocycles. The summed E-state index contributed by atoms with van der Waals surface area (Å²) in [6, 6.07) is 0.991. The van der Waals surface area contributed by atoms with Crippen molar-refractivity contribution in [2.45, 2.75) is 51.4 Å². The maximum Gasteiger partial charge on any atom is 0.342 e. The number of carbonyl (C=O) groups is 2. The number of carbonyl (C=O) groups excluding carboxylic acids is 2. The zero-order valence-corrected chi connectivity index (χ0v) is 14.8. The number of aromatic hydroxyl groups is 2. The molecule has 6 heteroatoms. The summed E-state index contributed by atoms with van der Waals surface area (Å²) in [5.74, 6) is -1.64. The Morgan fingerprint density at radius 1 is 0.960 bits per heavy atom. The van der Waals surface area contributed by atoms with Gasteiger partial charge in [-0.1, -0.05) is 36.6 Å². The van der Waals surface area contributed by atoms with Gasteiger partial charge in [-0.15, -0.1) is 0 Å². The number of ketones is 1. The molecule has 0 spiro atoms. The van der Waals surface area contributed by atoms with E-state index in [9.17, 15) is 19.8 Å². The van der Waals surface area contributed by atoms with Gasteiger partial charge in [0.2, 0.25) is 0 Å². The van der Waals surface area contributed by atoms with Crippen LogP contribution < -0.4 is 0 Å². The van der Waals surface area contributed by atoms with Gasteiger partial charge in [0.1, 0.15) is 22.8 Å². The summed E-state index contributed by atoms with van der Waals surface area (Å²) < 4.78 is 5.18. The number of phenols is 2. The van der Waals surface area contributed by atoms with E-state index in [-0.39, 0.29) is 40.7 Å². The number of hydrogen-bond acceptors (Lipinski definition) is 5. The SMILES string of the molecule is O=C1CCCCCC/C=C\CCOC(=O)c2c(O)cc(O)c(Cl)c2C1. The Bertz CT molecular complexity index is 666. The fourth-order valence-electron chi connectivity index (χ4n) is 2.83. The van der Waals surface area contributed by atoms with E-state index < -0.39 is 11.7 Å². The summed E-state index contributed by atoms with van der Waals surface area (Å²) in [6.07, 6.45) is 9.69. The number of allylic oxidation sites excluding steroid dienone is 1. The quantitative estimate of drug-likeness (QED) is 0.527. The van der Waals surface area contributed by atoms with Crippen LogP contribution in [0.3, 0.4) is 0 Å². The van der Waals surface area contributed by atoms with E-state index in [4.69, 9.17) is 16.3 Å². The lowest BCUT2D eigenvalue weighted by Gasteiger charge is -2.14. The molecule has 1 aliphatic heterocycles. The first-order valence-electron chi connectivity index (χ1n) is 8.58. The van der Waals surface area contributed by atoms with E-state index in [0.717, 1.165) is 38.2 Å². The van der Waals surface area contributed by atoms with Gasteiger partial charge in [-0.3, -0.25) is 4.79 Å². The number of ether oxygens (including phenoxy) is 1. The lowest BCUT2D eigenvalue weighted by atomic mass is 9.98. The molecule has 0 unspecified atom stereocenters. The topological polar surface area (TPSA) is 83.8 Å². The van der Waals surface area contributed by atoms with Gasteiger partial charge in [0.05, 0.1) is 11.6 Å². The number of hydrogen-bond donors (Lipinski definition) is 2. The zero-order chi connectivity index (χ0) is 18.2. The molecule has 0 atom stereocenters. The molecule has 0 saturated carbocycles. The monoisotopic (exact) mass is 366 g/mol. The van der Waals surface area contributed by atoms with Crippen LogP contribution in [0.2, 0.25) is 5.02 Å². The van der Waals surface area contributed by atoms with Gasteiger partial charge in [0, 0.05) is 24.5 Å². The molecule has 136 valence electrons. The van der Waals surface area contributed by atoms with Crippen molar-refractivity contribution < 1.29 is 24.5 Å². The normalized spacial score (nSPS) is 19.1. The van der Waals surface area contributed by atoms with Gasteiger partial charge >= 0.3 is 5.97 Å². The lowest BCUT2D eigenvalue weighted by Crippen LogP contribution is -2.13. The Hall–Kier alpha value is -2.01. The molecular formula is C19H23ClO5. The smallest absolute Gasteiger partial charge is 0.342 e. The fraction of sp³-hybridized carbons (Fsp3) is 0.474.